The predicted octanol–water partition coefficient (Wildman–Crippen LogP) is 3.55. The predicted molar refractivity (Wildman–Crippen MR) is 60.0 cm³/mol. The third-order valence-electron chi connectivity index (χ3n) is 2.55. The average molecular weight is 183 g/mol. The van der Waals surface area contributed by atoms with Crippen molar-refractivity contribution in [3.63, 3.8) is 0 Å². The van der Waals surface area contributed by atoms with Gasteiger partial charge in [-0.1, -0.05) is 65.2 Å². The van der Waals surface area contributed by atoms with Gasteiger partial charge in [-0.2, -0.15) is 0 Å². The lowest BCUT2D eigenvalue weighted by molar-refractivity contribution is 0.518. The molecule has 0 aromatic rings. The smallest absolute Gasteiger partial charge is 0.290 e. The van der Waals surface area contributed by atoms with Crippen LogP contribution in [0.3, 0.4) is 0 Å². The molecule has 13 heavy (non-hydrogen) atoms. The second-order valence-corrected chi connectivity index (χ2v) is 3.90. The van der Waals surface area contributed by atoms with Crippen LogP contribution in [-0.4, -0.2) is 12.5 Å². The van der Waals surface area contributed by atoms with Gasteiger partial charge in [0.05, 0.1) is 0 Å². The molecule has 2 heteroatoms. The molecule has 0 amide bonds. The third-order valence-corrected chi connectivity index (χ3v) is 2.55. The van der Waals surface area contributed by atoms with Crippen LogP contribution < -0.4 is 0 Å². The number of hydrogen-bond acceptors (Lipinski definition) is 1. The Balaban J connectivity index is 3.17. The molecule has 0 aliphatic heterocycles. The first-order chi connectivity index (χ1) is 6.35. The van der Waals surface area contributed by atoms with Crippen molar-refractivity contribution < 1.29 is 5.02 Å². The maximum absolute atomic E-state index is 8.93. The van der Waals surface area contributed by atoms with Crippen LogP contribution in [0.5, 0.6) is 0 Å². The maximum Gasteiger partial charge on any atom is 0.290 e. The lowest BCUT2D eigenvalue weighted by atomic mass is 9.74. The third kappa shape index (κ3) is 8.36. The van der Waals surface area contributed by atoms with Crippen LogP contribution in [0, 0.1) is 0 Å². The van der Waals surface area contributed by atoms with E-state index in [4.69, 9.17) is 5.02 Å². The Labute approximate surface area is 84.2 Å². The van der Waals surface area contributed by atoms with Gasteiger partial charge in [-0.05, 0) is 5.82 Å². The van der Waals surface area contributed by atoms with Crippen molar-refractivity contribution in [3.05, 3.63) is 0 Å². The Hall–Kier alpha value is 0.0249. The topological polar surface area (TPSA) is 20.2 Å². The summed E-state index contributed by atoms with van der Waals surface area (Å²) in [7, 11) is 1.39. The first kappa shape index (κ1) is 13.0. The molecule has 1 atom stereocenters. The highest BCUT2D eigenvalue weighted by Crippen LogP contribution is 2.19. The molecule has 1 radical (unpaired) electrons. The lowest BCUT2D eigenvalue weighted by Gasteiger charge is -2.10. The van der Waals surface area contributed by atoms with E-state index >= 15 is 0 Å². The zero-order valence-electron chi connectivity index (χ0n) is 9.26. The van der Waals surface area contributed by atoms with Crippen molar-refractivity contribution >= 4 is 7.48 Å². The summed E-state index contributed by atoms with van der Waals surface area (Å²) in [6, 6.07) is 0. The quantitative estimate of drug-likeness (QED) is 0.428. The van der Waals surface area contributed by atoms with Gasteiger partial charge < -0.3 is 5.02 Å². The molecule has 0 aliphatic rings. The highest BCUT2D eigenvalue weighted by molar-refractivity contribution is 6.27. The number of unbranched alkanes of at least 4 members (excludes halogenated alkanes) is 4. The summed E-state index contributed by atoms with van der Waals surface area (Å²) in [6.07, 6.45) is 10.1. The molecule has 0 bridgehead atoms. The van der Waals surface area contributed by atoms with Crippen molar-refractivity contribution in [2.45, 2.75) is 71.0 Å². The van der Waals surface area contributed by atoms with E-state index in [2.05, 4.69) is 13.8 Å². The van der Waals surface area contributed by atoms with Crippen LogP contribution in [0.4, 0.5) is 0 Å². The molecule has 1 unspecified atom stereocenters. The molecule has 0 fully saturated rings. The summed E-state index contributed by atoms with van der Waals surface area (Å²) in [6.45, 7) is 4.41. The zero-order chi connectivity index (χ0) is 9.94. The second kappa shape index (κ2) is 10.1. The van der Waals surface area contributed by atoms with E-state index in [1.54, 1.807) is 0 Å². The van der Waals surface area contributed by atoms with Crippen LogP contribution in [0.25, 0.3) is 0 Å². The van der Waals surface area contributed by atoms with Gasteiger partial charge in [-0.15, -0.1) is 0 Å². The van der Waals surface area contributed by atoms with E-state index in [0.717, 1.165) is 6.42 Å². The van der Waals surface area contributed by atoms with Crippen LogP contribution in [0.15, 0.2) is 0 Å². The van der Waals surface area contributed by atoms with Gasteiger partial charge in [0.1, 0.15) is 0 Å². The van der Waals surface area contributed by atoms with E-state index in [1.165, 1.54) is 52.4 Å². The van der Waals surface area contributed by atoms with E-state index in [9.17, 15) is 0 Å². The summed E-state index contributed by atoms with van der Waals surface area (Å²) < 4.78 is 0. The molecule has 0 aromatic carbocycles. The Kier molecular flexibility index (Phi) is 10.1. The standard InChI is InChI=1S/C11H24BO/c1-3-5-6-7-8-10-11(12-13)9-4-2/h11,13H,3-10H2,1-2H3. The molecule has 1 N–H and O–H groups in total. The molecular formula is C11H24BO. The minimum absolute atomic E-state index is 0.451. The van der Waals surface area contributed by atoms with E-state index in [-0.39, 0.29) is 0 Å². The summed E-state index contributed by atoms with van der Waals surface area (Å²) in [4.78, 5) is 0. The average Bonchev–Trinajstić information content (AvgIpc) is 2.16. The molecule has 0 aromatic heterocycles. The Bertz CT molecular complexity index is 96.1. The van der Waals surface area contributed by atoms with Crippen molar-refractivity contribution in [1.29, 1.82) is 0 Å². The first-order valence-corrected chi connectivity index (χ1v) is 5.82. The minimum Gasteiger partial charge on any atom is -0.454 e. The molecule has 77 valence electrons. The van der Waals surface area contributed by atoms with Crippen LogP contribution >= 0.6 is 0 Å². The van der Waals surface area contributed by atoms with Crippen molar-refractivity contribution in [2.75, 3.05) is 0 Å². The SMILES string of the molecule is CCCCCCCC([B]O)CCC. The van der Waals surface area contributed by atoms with Gasteiger partial charge >= 0.3 is 0 Å². The number of rotatable bonds is 9. The molecule has 0 aliphatic carbocycles. The molecule has 0 heterocycles. The Morgan fingerprint density at radius 1 is 0.923 bits per heavy atom. The fourth-order valence-electron chi connectivity index (χ4n) is 1.67. The highest BCUT2D eigenvalue weighted by atomic mass is 16.2. The van der Waals surface area contributed by atoms with E-state index in [1.807, 2.05) is 0 Å². The van der Waals surface area contributed by atoms with Gasteiger partial charge in [-0.25, -0.2) is 0 Å². The first-order valence-electron chi connectivity index (χ1n) is 5.82. The van der Waals surface area contributed by atoms with Gasteiger partial charge in [0.2, 0.25) is 0 Å². The van der Waals surface area contributed by atoms with Crippen molar-refractivity contribution in [2.24, 2.45) is 0 Å². The molecule has 1 nitrogen and oxygen atoms in total. The monoisotopic (exact) mass is 183 g/mol. The summed E-state index contributed by atoms with van der Waals surface area (Å²) in [5.41, 5.74) is 0. The summed E-state index contributed by atoms with van der Waals surface area (Å²) in [5, 5.41) is 8.93. The molecule has 0 spiro atoms. The van der Waals surface area contributed by atoms with Gasteiger partial charge in [0.15, 0.2) is 0 Å². The Morgan fingerprint density at radius 2 is 1.62 bits per heavy atom. The lowest BCUT2D eigenvalue weighted by Crippen LogP contribution is -2.02. The van der Waals surface area contributed by atoms with Crippen LogP contribution in [0.1, 0.15) is 65.2 Å². The van der Waals surface area contributed by atoms with E-state index < -0.39 is 0 Å². The summed E-state index contributed by atoms with van der Waals surface area (Å²) in [5.74, 6) is 0.451. The molecular weight excluding hydrogens is 159 g/mol. The fourth-order valence-corrected chi connectivity index (χ4v) is 1.67. The van der Waals surface area contributed by atoms with Crippen molar-refractivity contribution in [1.82, 2.24) is 0 Å². The molecule has 0 rings (SSSR count). The fraction of sp³-hybridized carbons (Fsp3) is 1.00. The van der Waals surface area contributed by atoms with E-state index in [0.29, 0.717) is 5.82 Å². The Morgan fingerprint density at radius 3 is 2.15 bits per heavy atom. The minimum atomic E-state index is 0.451. The maximum atomic E-state index is 8.93. The van der Waals surface area contributed by atoms with Gasteiger partial charge in [0.25, 0.3) is 7.48 Å². The van der Waals surface area contributed by atoms with Crippen LogP contribution in [0.2, 0.25) is 5.82 Å². The van der Waals surface area contributed by atoms with Gasteiger partial charge in [-0.3, -0.25) is 0 Å². The number of hydrogen-bond donors (Lipinski definition) is 1. The zero-order valence-corrected chi connectivity index (χ0v) is 9.26. The molecule has 0 saturated carbocycles. The summed E-state index contributed by atoms with van der Waals surface area (Å²) >= 11 is 0. The van der Waals surface area contributed by atoms with Gasteiger partial charge in [0, 0.05) is 0 Å². The highest BCUT2D eigenvalue weighted by Gasteiger charge is 2.07. The normalized spacial score (nSPS) is 12.8. The van der Waals surface area contributed by atoms with Crippen molar-refractivity contribution in [3.8, 4) is 0 Å². The largest absolute Gasteiger partial charge is 0.454 e. The molecule has 0 saturated heterocycles. The second-order valence-electron chi connectivity index (χ2n) is 3.90. The van der Waals surface area contributed by atoms with Crippen LogP contribution in [-0.2, 0) is 0 Å².